The highest BCUT2D eigenvalue weighted by Crippen LogP contribution is 2.80. The lowest BCUT2D eigenvalue weighted by Gasteiger charge is -2.47. The van der Waals surface area contributed by atoms with Crippen LogP contribution < -0.4 is 25.5 Å². The maximum Gasteiger partial charge on any atom is 0.264 e. The zero-order valence-corrected chi connectivity index (χ0v) is 48.3. The highest BCUT2D eigenvalue weighted by molar-refractivity contribution is 8.34. The predicted octanol–water partition coefficient (Wildman–Crippen LogP) is 18.6. The van der Waals surface area contributed by atoms with Gasteiger partial charge in [0.05, 0.1) is 5.69 Å². The molecule has 14 rings (SSSR count). The molecule has 3 aliphatic heterocycles. The van der Waals surface area contributed by atoms with Crippen LogP contribution in [-0.4, -0.2) is 6.71 Å². The van der Waals surface area contributed by atoms with E-state index in [9.17, 15) is 0 Å². The first kappa shape index (κ1) is 48.1. The summed E-state index contributed by atoms with van der Waals surface area (Å²) in [4.78, 5) is 11.0. The van der Waals surface area contributed by atoms with Crippen molar-refractivity contribution in [1.82, 2.24) is 0 Å². The Hall–Kier alpha value is -6.27. The van der Waals surface area contributed by atoms with Crippen molar-refractivity contribution in [3.8, 4) is 11.1 Å². The van der Waals surface area contributed by atoms with Crippen molar-refractivity contribution in [3.05, 3.63) is 197 Å². The van der Waals surface area contributed by atoms with Crippen LogP contribution in [0.4, 0.5) is 34.1 Å². The number of thiophene rings is 1. The van der Waals surface area contributed by atoms with Gasteiger partial charge < -0.3 is 9.80 Å². The normalized spacial score (nSPS) is 18.9. The summed E-state index contributed by atoms with van der Waals surface area (Å²) in [6.07, 6.45) is 4.71. The first-order valence-corrected chi connectivity index (χ1v) is 30.5. The van der Waals surface area contributed by atoms with Crippen molar-refractivity contribution in [2.24, 2.45) is 0 Å². The number of benzene rings is 8. The summed E-state index contributed by atoms with van der Waals surface area (Å²) >= 11 is 2.07. The van der Waals surface area contributed by atoms with Gasteiger partial charge in [-0.1, -0.05) is 155 Å². The number of nitrogens with zero attached hydrogens (tertiary/aromatic N) is 2. The van der Waals surface area contributed by atoms with Gasteiger partial charge in [-0.2, -0.15) is 0 Å². The molecule has 0 unspecified atom stereocenters. The molecule has 0 N–H and O–H groups in total. The zero-order valence-electron chi connectivity index (χ0n) is 46.7. The molecule has 0 atom stereocenters. The van der Waals surface area contributed by atoms with Gasteiger partial charge in [-0.15, -0.1) is 21.4 Å². The molecule has 0 spiro atoms. The Kier molecular flexibility index (Phi) is 10.2. The molecular weight excluding hydrogens is 956 g/mol. The van der Waals surface area contributed by atoms with Crippen molar-refractivity contribution >= 4 is 88.0 Å². The minimum atomic E-state index is -1.90. The Balaban J connectivity index is 1.11. The largest absolute Gasteiger partial charge is 0.311 e. The molecule has 0 saturated carbocycles. The fraction of sp³-hybridized carbons (Fsp3) is 0.296. The summed E-state index contributed by atoms with van der Waals surface area (Å²) < 4.78 is 2.85. The number of aryl methyl sites for hydroxylation is 1. The molecule has 5 aliphatic rings. The summed E-state index contributed by atoms with van der Waals surface area (Å²) in [5, 5.41) is 1.38. The summed E-state index contributed by atoms with van der Waals surface area (Å²) in [5.41, 5.74) is 22.2. The number of hydrogen-bond donors (Lipinski definition) is 0. The average Bonchev–Trinajstić information content (AvgIpc) is 4.03. The molecule has 9 aromatic rings. The highest BCUT2D eigenvalue weighted by Gasteiger charge is 2.50. The van der Waals surface area contributed by atoms with E-state index in [0.717, 1.165) is 0 Å². The predicted molar refractivity (Wildman–Crippen MR) is 329 cm³/mol. The van der Waals surface area contributed by atoms with E-state index in [1.165, 1.54) is 150 Å². The van der Waals surface area contributed by atoms with E-state index in [1.807, 2.05) is 0 Å². The topological polar surface area (TPSA) is 6.48 Å². The van der Waals surface area contributed by atoms with Gasteiger partial charge in [-0.3, -0.25) is 0 Å². The third-order valence-corrected chi connectivity index (χ3v) is 24.2. The monoisotopic (exact) mass is 1030 g/mol. The molecule has 2 aliphatic carbocycles. The van der Waals surface area contributed by atoms with E-state index >= 15 is 0 Å². The fourth-order valence-electron chi connectivity index (χ4n) is 14.5. The summed E-state index contributed by atoms with van der Waals surface area (Å²) in [5.74, 6) is 0. The van der Waals surface area contributed by atoms with Crippen LogP contribution in [0.2, 0.25) is 0 Å². The van der Waals surface area contributed by atoms with Gasteiger partial charge in [0, 0.05) is 62.9 Å². The van der Waals surface area contributed by atoms with Crippen molar-refractivity contribution in [2.75, 3.05) is 9.80 Å². The summed E-state index contributed by atoms with van der Waals surface area (Å²) in [6, 6.07) is 65.1. The van der Waals surface area contributed by atoms with Crippen LogP contribution >= 0.6 is 21.4 Å². The van der Waals surface area contributed by atoms with Crippen LogP contribution in [0.25, 0.3) is 21.2 Å². The number of fused-ring (bicyclic) bond motifs is 11. The van der Waals surface area contributed by atoms with Gasteiger partial charge in [0.25, 0.3) is 6.71 Å². The molecule has 0 radical (unpaired) electrons. The van der Waals surface area contributed by atoms with Crippen molar-refractivity contribution in [2.45, 2.75) is 155 Å². The van der Waals surface area contributed by atoms with E-state index < -0.39 is 10.0 Å². The van der Waals surface area contributed by atoms with E-state index in [2.05, 4.69) is 268 Å². The van der Waals surface area contributed by atoms with Crippen LogP contribution in [-0.2, 0) is 27.1 Å². The third-order valence-electron chi connectivity index (χ3n) is 19.0. The van der Waals surface area contributed by atoms with Crippen LogP contribution in [0.5, 0.6) is 0 Å². The second-order valence-corrected chi connectivity index (χ2v) is 30.9. The fourth-order valence-corrected chi connectivity index (χ4v) is 20.1. The lowest BCUT2D eigenvalue weighted by molar-refractivity contribution is 0.332. The van der Waals surface area contributed by atoms with E-state index in [0.29, 0.717) is 0 Å². The van der Waals surface area contributed by atoms with Gasteiger partial charge in [-0.25, -0.2) is 0 Å². The Morgan fingerprint density at radius 3 is 1.61 bits per heavy atom. The van der Waals surface area contributed by atoms with Gasteiger partial charge >= 0.3 is 0 Å². The first-order valence-electron chi connectivity index (χ1n) is 28.0. The van der Waals surface area contributed by atoms with Gasteiger partial charge in [-0.05, 0) is 200 Å². The molecule has 380 valence electrons. The number of hydrogen-bond acceptors (Lipinski definition) is 3. The number of rotatable bonds is 4. The average molecular weight is 1030 g/mol. The molecule has 0 saturated heterocycles. The number of anilines is 6. The quantitative estimate of drug-likeness (QED) is 0.162. The molecule has 4 heterocycles. The minimum Gasteiger partial charge on any atom is -0.311 e. The van der Waals surface area contributed by atoms with Gasteiger partial charge in [0.2, 0.25) is 0 Å². The van der Waals surface area contributed by atoms with Crippen LogP contribution in [0.15, 0.2) is 183 Å². The van der Waals surface area contributed by atoms with Gasteiger partial charge in [0.1, 0.15) is 0 Å². The molecule has 8 aromatic carbocycles. The van der Waals surface area contributed by atoms with Crippen LogP contribution in [0, 0.1) is 6.92 Å². The Morgan fingerprint density at radius 1 is 0.487 bits per heavy atom. The molecule has 76 heavy (non-hydrogen) atoms. The molecule has 5 heteroatoms. The maximum absolute atomic E-state index is 2.75. The van der Waals surface area contributed by atoms with E-state index in [4.69, 9.17) is 0 Å². The lowest BCUT2D eigenvalue weighted by Crippen LogP contribution is -2.61. The third kappa shape index (κ3) is 6.73. The van der Waals surface area contributed by atoms with Gasteiger partial charge in [0.15, 0.2) is 0 Å². The Bertz CT molecular complexity index is 3850. The minimum absolute atomic E-state index is 0.0376. The zero-order chi connectivity index (χ0) is 52.6. The van der Waals surface area contributed by atoms with Crippen molar-refractivity contribution in [1.29, 1.82) is 0 Å². The highest BCUT2D eigenvalue weighted by atomic mass is 32.3. The maximum atomic E-state index is 2.75. The first-order chi connectivity index (χ1) is 36.2. The standard InChI is InChI=1S/C71H71BN2S2/c1-44-37-59-64-60(38-44)74(47-31-32-51-50-25-19-20-26-62(50)76(63(51)39-47,48-21-15-13-16-22-48)49-23-17-14-18-24-49)65-52-40-53-56(71(11,12)36-33-68(53,5)6)43-61(52)75-66(65)72(64)57-41-54-55(70(9,10)35-34-69(54,7)8)42-58(57)73(59)46-29-27-45(28-30-46)67(2,3)4/h13-32,37-43H,33-36H2,1-12H3. The van der Waals surface area contributed by atoms with Crippen LogP contribution in [0.3, 0.4) is 0 Å². The second kappa shape index (κ2) is 16.2. The molecular formula is C71H71BN2S2. The van der Waals surface area contributed by atoms with Crippen molar-refractivity contribution in [3.63, 3.8) is 0 Å². The molecule has 0 amide bonds. The molecule has 1 aromatic heterocycles. The van der Waals surface area contributed by atoms with E-state index in [1.54, 1.807) is 0 Å². The van der Waals surface area contributed by atoms with E-state index in [-0.39, 0.29) is 33.8 Å². The SMILES string of the molecule is Cc1cc2c3c(c1)N(c1ccc4c(c1)S(c1ccccc1)(c1ccccc1)c1ccccc1-4)c1c(sc4cc5c(cc14)C(C)(C)CCC5(C)C)B3c1cc3c(cc1N2c1ccc(C(C)(C)C)cc1)C(C)(C)CCC3(C)C. The Labute approximate surface area is 458 Å². The Morgan fingerprint density at radius 2 is 1.00 bits per heavy atom. The smallest absolute Gasteiger partial charge is 0.264 e. The van der Waals surface area contributed by atoms with Crippen LogP contribution in [0.1, 0.15) is 135 Å². The second-order valence-electron chi connectivity index (χ2n) is 26.7. The molecule has 0 bridgehead atoms. The van der Waals surface area contributed by atoms with Crippen molar-refractivity contribution < 1.29 is 0 Å². The summed E-state index contributed by atoms with van der Waals surface area (Å²) in [6.45, 7) is 29.3. The lowest BCUT2D eigenvalue weighted by atomic mass is 9.35. The molecule has 0 fully saturated rings. The summed E-state index contributed by atoms with van der Waals surface area (Å²) in [7, 11) is -1.90. The molecule has 2 nitrogen and oxygen atoms in total.